The highest BCUT2D eigenvalue weighted by atomic mass is 35.5. The number of hydrogen-bond donors (Lipinski definition) is 2. The summed E-state index contributed by atoms with van der Waals surface area (Å²) >= 11 is 11.2. The molecule has 1 aliphatic heterocycles. The van der Waals surface area contributed by atoms with Crippen molar-refractivity contribution < 1.29 is 0 Å². The number of benzene rings is 1. The van der Waals surface area contributed by atoms with E-state index in [1.165, 1.54) is 19.3 Å². The Morgan fingerprint density at radius 3 is 2.72 bits per heavy atom. The molecule has 0 unspecified atom stereocenters. The molecule has 6 heteroatoms. The van der Waals surface area contributed by atoms with Crippen molar-refractivity contribution in [2.75, 3.05) is 16.8 Å². The van der Waals surface area contributed by atoms with Crippen molar-refractivity contribution in [3.63, 3.8) is 0 Å². The van der Waals surface area contributed by atoms with Gasteiger partial charge in [0.2, 0.25) is 0 Å². The fourth-order valence-electron chi connectivity index (χ4n) is 3.03. The Labute approximate surface area is 159 Å². The first kappa shape index (κ1) is 18.0. The van der Waals surface area contributed by atoms with Crippen LogP contribution in [0.5, 0.6) is 0 Å². The molecule has 0 aliphatic carbocycles. The van der Waals surface area contributed by atoms with Gasteiger partial charge in [-0.05, 0) is 68.2 Å². The summed E-state index contributed by atoms with van der Waals surface area (Å²) in [7, 11) is 0. The number of aromatic nitrogens is 1. The molecule has 25 heavy (non-hydrogen) atoms. The first-order valence-corrected chi connectivity index (χ1v) is 9.42. The summed E-state index contributed by atoms with van der Waals surface area (Å²) in [5.74, 6) is 1.04. The second kappa shape index (κ2) is 8.50. The number of thiocarbonyl (C=S) groups is 1. The Bertz CT molecular complexity index is 702. The highest BCUT2D eigenvalue weighted by Crippen LogP contribution is 2.23. The fraction of sp³-hybridized carbons (Fsp3) is 0.368. The molecule has 1 fully saturated rings. The maximum atomic E-state index is 5.89. The molecule has 1 saturated heterocycles. The van der Waals surface area contributed by atoms with Gasteiger partial charge in [-0.25, -0.2) is 4.98 Å². The maximum Gasteiger partial charge on any atom is 0.171 e. The zero-order chi connectivity index (χ0) is 17.6. The van der Waals surface area contributed by atoms with E-state index in [1.807, 2.05) is 36.5 Å². The molecule has 1 aromatic carbocycles. The van der Waals surface area contributed by atoms with Gasteiger partial charge in [-0.2, -0.15) is 0 Å². The number of rotatable bonds is 4. The minimum Gasteiger partial charge on any atom is -0.358 e. The predicted molar refractivity (Wildman–Crippen MR) is 109 cm³/mol. The topological polar surface area (TPSA) is 40.2 Å². The Balaban J connectivity index is 1.52. The van der Waals surface area contributed by atoms with E-state index in [4.69, 9.17) is 23.8 Å². The van der Waals surface area contributed by atoms with Gasteiger partial charge in [0.15, 0.2) is 5.11 Å². The Hall–Kier alpha value is -1.85. The molecule has 1 aliphatic rings. The van der Waals surface area contributed by atoms with Crippen LogP contribution in [-0.2, 0) is 6.54 Å². The SMILES string of the molecule is C[C@@H]1CCCCN1c1ccc(NC(=S)NCc2ccc(Cl)cc2)cn1. The molecule has 0 amide bonds. The molecule has 3 rings (SSSR count). The van der Waals surface area contributed by atoms with Gasteiger partial charge in [0.05, 0.1) is 11.9 Å². The molecule has 132 valence electrons. The summed E-state index contributed by atoms with van der Waals surface area (Å²) in [6.45, 7) is 4.00. The number of halogens is 1. The quantitative estimate of drug-likeness (QED) is 0.765. The van der Waals surface area contributed by atoms with Gasteiger partial charge in [0.25, 0.3) is 0 Å². The van der Waals surface area contributed by atoms with Crippen LogP contribution in [0, 0.1) is 0 Å². The normalized spacial score (nSPS) is 17.2. The number of piperidine rings is 1. The van der Waals surface area contributed by atoms with Crippen LogP contribution in [0.3, 0.4) is 0 Å². The van der Waals surface area contributed by atoms with Crippen LogP contribution in [-0.4, -0.2) is 22.7 Å². The Morgan fingerprint density at radius 1 is 1.24 bits per heavy atom. The smallest absolute Gasteiger partial charge is 0.171 e. The molecular weight excluding hydrogens is 352 g/mol. The third-order valence-corrected chi connectivity index (χ3v) is 4.97. The maximum absolute atomic E-state index is 5.89. The van der Waals surface area contributed by atoms with Crippen LogP contribution in [0.15, 0.2) is 42.6 Å². The number of nitrogens with one attached hydrogen (secondary N) is 2. The van der Waals surface area contributed by atoms with Crippen molar-refractivity contribution in [2.24, 2.45) is 0 Å². The van der Waals surface area contributed by atoms with Gasteiger partial charge in [0, 0.05) is 24.2 Å². The number of nitrogens with zero attached hydrogens (tertiary/aromatic N) is 2. The van der Waals surface area contributed by atoms with Gasteiger partial charge in [-0.1, -0.05) is 23.7 Å². The van der Waals surface area contributed by atoms with E-state index >= 15 is 0 Å². The third-order valence-electron chi connectivity index (χ3n) is 4.47. The Kier molecular flexibility index (Phi) is 6.10. The van der Waals surface area contributed by atoms with Crippen molar-refractivity contribution in [2.45, 2.75) is 38.8 Å². The predicted octanol–water partition coefficient (Wildman–Crippen LogP) is 4.60. The van der Waals surface area contributed by atoms with Crippen LogP contribution >= 0.6 is 23.8 Å². The molecule has 0 radical (unpaired) electrons. The number of pyridine rings is 1. The fourth-order valence-corrected chi connectivity index (χ4v) is 3.34. The van der Waals surface area contributed by atoms with E-state index in [0.717, 1.165) is 28.6 Å². The minimum absolute atomic E-state index is 0.558. The lowest BCUT2D eigenvalue weighted by Gasteiger charge is -2.34. The van der Waals surface area contributed by atoms with E-state index < -0.39 is 0 Å². The van der Waals surface area contributed by atoms with Crippen LogP contribution < -0.4 is 15.5 Å². The van der Waals surface area contributed by atoms with E-state index in [0.29, 0.717) is 17.7 Å². The largest absolute Gasteiger partial charge is 0.358 e. The van der Waals surface area contributed by atoms with Crippen molar-refractivity contribution in [1.29, 1.82) is 0 Å². The second-order valence-corrected chi connectivity index (χ2v) is 7.22. The van der Waals surface area contributed by atoms with Crippen molar-refractivity contribution >= 4 is 40.4 Å². The molecule has 4 nitrogen and oxygen atoms in total. The summed E-state index contributed by atoms with van der Waals surface area (Å²) in [6.07, 6.45) is 5.63. The van der Waals surface area contributed by atoms with Crippen molar-refractivity contribution in [3.8, 4) is 0 Å². The number of hydrogen-bond acceptors (Lipinski definition) is 3. The zero-order valence-corrected chi connectivity index (χ0v) is 15.9. The van der Waals surface area contributed by atoms with Gasteiger partial charge < -0.3 is 15.5 Å². The number of anilines is 2. The molecular formula is C19H23ClN4S. The summed E-state index contributed by atoms with van der Waals surface area (Å²) in [4.78, 5) is 6.97. The van der Waals surface area contributed by atoms with E-state index in [1.54, 1.807) is 0 Å². The molecule has 1 aromatic heterocycles. The first-order chi connectivity index (χ1) is 12.1. The summed E-state index contributed by atoms with van der Waals surface area (Å²) in [5.41, 5.74) is 2.02. The third kappa shape index (κ3) is 5.06. The summed E-state index contributed by atoms with van der Waals surface area (Å²) in [5, 5.41) is 7.68. The first-order valence-electron chi connectivity index (χ1n) is 8.64. The van der Waals surface area contributed by atoms with Gasteiger partial charge in [-0.15, -0.1) is 0 Å². The average Bonchev–Trinajstić information content (AvgIpc) is 2.62. The molecule has 2 N–H and O–H groups in total. The summed E-state index contributed by atoms with van der Waals surface area (Å²) < 4.78 is 0. The molecule has 2 aromatic rings. The lowest BCUT2D eigenvalue weighted by molar-refractivity contribution is 0.481. The van der Waals surface area contributed by atoms with E-state index in [-0.39, 0.29) is 0 Å². The standard InChI is InChI=1S/C19H23ClN4S/c1-14-4-2-3-11-24(14)18-10-9-17(13-21-18)23-19(25)22-12-15-5-7-16(20)8-6-15/h5-10,13-14H,2-4,11-12H2,1H3,(H2,22,23,25)/t14-/m1/s1. The summed E-state index contributed by atoms with van der Waals surface area (Å²) in [6, 6.07) is 12.4. The van der Waals surface area contributed by atoms with E-state index in [9.17, 15) is 0 Å². The molecule has 0 saturated carbocycles. The van der Waals surface area contributed by atoms with Gasteiger partial charge in [-0.3, -0.25) is 0 Å². The second-order valence-electron chi connectivity index (χ2n) is 6.38. The van der Waals surface area contributed by atoms with Crippen LogP contribution in [0.4, 0.5) is 11.5 Å². The highest BCUT2D eigenvalue weighted by Gasteiger charge is 2.19. The molecule has 0 bridgehead atoms. The van der Waals surface area contributed by atoms with Gasteiger partial charge >= 0.3 is 0 Å². The molecule has 1 atom stereocenters. The monoisotopic (exact) mass is 374 g/mol. The lowest BCUT2D eigenvalue weighted by atomic mass is 10.0. The van der Waals surface area contributed by atoms with Crippen LogP contribution in [0.2, 0.25) is 5.02 Å². The van der Waals surface area contributed by atoms with Crippen LogP contribution in [0.1, 0.15) is 31.7 Å². The van der Waals surface area contributed by atoms with Gasteiger partial charge in [0.1, 0.15) is 5.82 Å². The molecule has 0 spiro atoms. The minimum atomic E-state index is 0.558. The lowest BCUT2D eigenvalue weighted by Crippen LogP contribution is -2.37. The van der Waals surface area contributed by atoms with Crippen LogP contribution in [0.25, 0.3) is 0 Å². The Morgan fingerprint density at radius 2 is 2.04 bits per heavy atom. The van der Waals surface area contributed by atoms with Crippen molar-refractivity contribution in [1.82, 2.24) is 10.3 Å². The van der Waals surface area contributed by atoms with Crippen molar-refractivity contribution in [3.05, 3.63) is 53.2 Å². The average molecular weight is 375 g/mol. The highest BCUT2D eigenvalue weighted by molar-refractivity contribution is 7.80. The molecule has 2 heterocycles. The zero-order valence-electron chi connectivity index (χ0n) is 14.3. The van der Waals surface area contributed by atoms with E-state index in [2.05, 4.69) is 33.5 Å².